The Labute approximate surface area is 235 Å². The summed E-state index contributed by atoms with van der Waals surface area (Å²) in [5.41, 5.74) is -1.35. The van der Waals surface area contributed by atoms with Crippen molar-refractivity contribution in [3.8, 4) is 40.1 Å². The number of hydrogen-bond acceptors (Lipinski definition) is 16. The van der Waals surface area contributed by atoms with Crippen LogP contribution in [0.4, 0.5) is 0 Å². The van der Waals surface area contributed by atoms with Gasteiger partial charge in [-0.3, -0.25) is 4.79 Å². The minimum Gasteiger partial charge on any atom is -0.508 e. The molecule has 2 aromatic carbocycles. The predicted molar refractivity (Wildman–Crippen MR) is 136 cm³/mol. The van der Waals surface area contributed by atoms with Gasteiger partial charge in [0.15, 0.2) is 23.5 Å². The van der Waals surface area contributed by atoms with Gasteiger partial charge < -0.3 is 74.4 Å². The summed E-state index contributed by atoms with van der Waals surface area (Å²) < 4.78 is 27.4. The van der Waals surface area contributed by atoms with Crippen LogP contribution in [0.3, 0.4) is 0 Å². The Kier molecular flexibility index (Phi) is 8.17. The minimum absolute atomic E-state index is 0.0319. The van der Waals surface area contributed by atoms with Crippen molar-refractivity contribution in [1.82, 2.24) is 0 Å². The fourth-order valence-corrected chi connectivity index (χ4v) is 4.75. The second-order valence-electron chi connectivity index (χ2n) is 9.80. The van der Waals surface area contributed by atoms with Gasteiger partial charge in [0.2, 0.25) is 17.5 Å². The number of hydrogen-bond donors (Lipinski definition) is 10. The molecule has 2 aliphatic heterocycles. The fourth-order valence-electron chi connectivity index (χ4n) is 4.75. The van der Waals surface area contributed by atoms with E-state index < -0.39 is 114 Å². The van der Waals surface area contributed by atoms with Gasteiger partial charge >= 0.3 is 0 Å². The molecule has 3 aromatic rings. The standard InChI is InChI=1S/C26H28O16/c27-6-14-18(33)24(25(37)40-14)38-7-15-17(32)20(35)21(36)26(41-15)42-23-19(34)16-12(31)4-9(28)5-13(16)39-22(23)8-1-2-10(29)11(30)3-8/h1-5,14-15,17-18,20-21,24-33,35-37H,6-7H2. The van der Waals surface area contributed by atoms with Crippen LogP contribution in [0.15, 0.2) is 39.5 Å². The van der Waals surface area contributed by atoms with Crippen LogP contribution in [0.5, 0.6) is 28.7 Å². The highest BCUT2D eigenvalue weighted by Gasteiger charge is 2.48. The second kappa shape index (κ2) is 11.5. The molecule has 1 aromatic heterocycles. The molecule has 5 rings (SSSR count). The van der Waals surface area contributed by atoms with Gasteiger partial charge in [0.1, 0.15) is 65.2 Å². The molecule has 9 atom stereocenters. The van der Waals surface area contributed by atoms with Gasteiger partial charge in [0.05, 0.1) is 13.2 Å². The van der Waals surface area contributed by atoms with E-state index in [1.54, 1.807) is 0 Å². The van der Waals surface area contributed by atoms with Crippen LogP contribution in [-0.4, -0.2) is 120 Å². The number of fused-ring (bicyclic) bond motifs is 1. The van der Waals surface area contributed by atoms with Crippen molar-refractivity contribution in [2.45, 2.75) is 55.3 Å². The molecule has 42 heavy (non-hydrogen) atoms. The molecule has 2 aliphatic rings. The summed E-state index contributed by atoms with van der Waals surface area (Å²) >= 11 is 0. The summed E-state index contributed by atoms with van der Waals surface area (Å²) in [6.07, 6.45) is -14.6. The van der Waals surface area contributed by atoms with Crippen molar-refractivity contribution in [1.29, 1.82) is 0 Å². The normalized spacial score (nSPS) is 31.4. The molecule has 2 saturated heterocycles. The maximum absolute atomic E-state index is 13.5. The molecule has 0 bridgehead atoms. The third-order valence-electron chi connectivity index (χ3n) is 7.00. The average molecular weight is 596 g/mol. The molecule has 10 N–H and O–H groups in total. The molecular weight excluding hydrogens is 568 g/mol. The van der Waals surface area contributed by atoms with Crippen molar-refractivity contribution in [3.63, 3.8) is 0 Å². The van der Waals surface area contributed by atoms with E-state index in [1.165, 1.54) is 6.07 Å². The van der Waals surface area contributed by atoms with Crippen molar-refractivity contribution < 1.29 is 74.4 Å². The number of phenols is 4. The lowest BCUT2D eigenvalue weighted by atomic mass is 9.99. The second-order valence-corrected chi connectivity index (χ2v) is 9.80. The Morgan fingerprint density at radius 1 is 0.786 bits per heavy atom. The van der Waals surface area contributed by atoms with Crippen LogP contribution in [0, 0.1) is 0 Å². The van der Waals surface area contributed by atoms with Crippen molar-refractivity contribution in [3.05, 3.63) is 40.6 Å². The fraction of sp³-hybridized carbons (Fsp3) is 0.423. The monoisotopic (exact) mass is 596 g/mol. The number of aliphatic hydroxyl groups is 6. The van der Waals surface area contributed by atoms with E-state index in [0.29, 0.717) is 0 Å². The zero-order valence-electron chi connectivity index (χ0n) is 21.4. The van der Waals surface area contributed by atoms with E-state index in [9.17, 15) is 55.9 Å². The average Bonchev–Trinajstić information content (AvgIpc) is 3.22. The van der Waals surface area contributed by atoms with E-state index >= 15 is 0 Å². The lowest BCUT2D eigenvalue weighted by molar-refractivity contribution is -0.284. The minimum atomic E-state index is -1.97. The summed E-state index contributed by atoms with van der Waals surface area (Å²) in [5, 5.41) is 101. The number of benzene rings is 2. The van der Waals surface area contributed by atoms with Gasteiger partial charge in [-0.2, -0.15) is 0 Å². The zero-order valence-corrected chi connectivity index (χ0v) is 21.4. The molecule has 9 unspecified atom stereocenters. The molecule has 0 saturated carbocycles. The Hall–Kier alpha value is -3.71. The third kappa shape index (κ3) is 5.31. The van der Waals surface area contributed by atoms with Crippen molar-refractivity contribution in [2.75, 3.05) is 13.2 Å². The Balaban J connectivity index is 1.49. The predicted octanol–water partition coefficient (Wildman–Crippen LogP) is -2.08. The highest BCUT2D eigenvalue weighted by atomic mass is 16.7. The number of rotatable bonds is 7. The van der Waals surface area contributed by atoms with Gasteiger partial charge in [-0.15, -0.1) is 0 Å². The first-order valence-corrected chi connectivity index (χ1v) is 12.6. The first-order chi connectivity index (χ1) is 19.9. The quantitative estimate of drug-likeness (QED) is 0.131. The molecule has 0 aliphatic carbocycles. The Bertz CT molecular complexity index is 1510. The van der Waals surface area contributed by atoms with Crippen molar-refractivity contribution in [2.24, 2.45) is 0 Å². The lowest BCUT2D eigenvalue weighted by Crippen LogP contribution is -2.60. The molecule has 2 fully saturated rings. The first-order valence-electron chi connectivity index (χ1n) is 12.6. The maximum atomic E-state index is 13.5. The van der Waals surface area contributed by atoms with Gasteiger partial charge in [-0.05, 0) is 18.2 Å². The van der Waals surface area contributed by atoms with Crippen LogP contribution in [-0.2, 0) is 14.2 Å². The Morgan fingerprint density at radius 2 is 1.52 bits per heavy atom. The van der Waals surface area contributed by atoms with E-state index in [1.807, 2.05) is 0 Å². The summed E-state index contributed by atoms with van der Waals surface area (Å²) in [7, 11) is 0. The first kappa shape index (κ1) is 29.8. The van der Waals surface area contributed by atoms with Gasteiger partial charge in [-0.25, -0.2) is 0 Å². The van der Waals surface area contributed by atoms with Crippen LogP contribution < -0.4 is 10.2 Å². The maximum Gasteiger partial charge on any atom is 0.239 e. The zero-order chi connectivity index (χ0) is 30.5. The molecule has 228 valence electrons. The van der Waals surface area contributed by atoms with Gasteiger partial charge in [0, 0.05) is 17.7 Å². The highest BCUT2D eigenvalue weighted by molar-refractivity contribution is 5.88. The third-order valence-corrected chi connectivity index (χ3v) is 7.00. The number of phenolic OH excluding ortho intramolecular Hbond substituents is 4. The molecule has 0 radical (unpaired) electrons. The number of ether oxygens (including phenoxy) is 4. The largest absolute Gasteiger partial charge is 0.508 e. The molecule has 16 heteroatoms. The number of aliphatic hydroxyl groups excluding tert-OH is 6. The van der Waals surface area contributed by atoms with Crippen LogP contribution in [0.2, 0.25) is 0 Å². The molecule has 0 spiro atoms. The van der Waals surface area contributed by atoms with E-state index in [2.05, 4.69) is 0 Å². The summed E-state index contributed by atoms with van der Waals surface area (Å²) in [6, 6.07) is 5.23. The molecule has 16 nitrogen and oxygen atoms in total. The van der Waals surface area contributed by atoms with Gasteiger partial charge in [-0.1, -0.05) is 0 Å². The topological polar surface area (TPSA) is 269 Å². The van der Waals surface area contributed by atoms with Crippen LogP contribution in [0.1, 0.15) is 0 Å². The lowest BCUT2D eigenvalue weighted by Gasteiger charge is -2.40. The SMILES string of the molecule is O=c1c(OC2OC(COC3C(O)OC(CO)C3O)C(O)C(O)C2O)c(-c2ccc(O)c(O)c2)oc2cc(O)cc(O)c12. The van der Waals surface area contributed by atoms with E-state index in [4.69, 9.17) is 23.4 Å². The summed E-state index contributed by atoms with van der Waals surface area (Å²) in [6.45, 7) is -1.22. The molecule has 3 heterocycles. The summed E-state index contributed by atoms with van der Waals surface area (Å²) in [4.78, 5) is 13.5. The van der Waals surface area contributed by atoms with E-state index in [0.717, 1.165) is 24.3 Å². The number of aromatic hydroxyl groups is 4. The smallest absolute Gasteiger partial charge is 0.239 e. The highest BCUT2D eigenvalue weighted by Crippen LogP contribution is 2.39. The Morgan fingerprint density at radius 3 is 2.19 bits per heavy atom. The van der Waals surface area contributed by atoms with E-state index in [-0.39, 0.29) is 11.1 Å². The summed E-state index contributed by atoms with van der Waals surface area (Å²) in [5.74, 6) is -3.33. The van der Waals surface area contributed by atoms with Crippen molar-refractivity contribution >= 4 is 11.0 Å². The van der Waals surface area contributed by atoms with Gasteiger partial charge in [0.25, 0.3) is 0 Å². The molecule has 0 amide bonds. The van der Waals surface area contributed by atoms with Crippen LogP contribution in [0.25, 0.3) is 22.3 Å². The van der Waals surface area contributed by atoms with Crippen LogP contribution >= 0.6 is 0 Å². The molecular formula is C26H28O16.